The van der Waals surface area contributed by atoms with Crippen molar-refractivity contribution in [3.05, 3.63) is 41.5 Å². The molecule has 0 radical (unpaired) electrons. The molecule has 3 unspecified atom stereocenters. The first kappa shape index (κ1) is 21.2. The number of hydrogen-bond donors (Lipinski definition) is 6. The Hall–Kier alpha value is -3.05. The van der Waals surface area contributed by atoms with Crippen molar-refractivity contribution in [3.63, 3.8) is 0 Å². The molecule has 2 aromatic rings. The Labute approximate surface area is 176 Å². The van der Waals surface area contributed by atoms with Crippen LogP contribution in [0.4, 0.5) is 0 Å². The Morgan fingerprint density at radius 1 is 0.968 bits per heavy atom. The van der Waals surface area contributed by atoms with Gasteiger partial charge in [-0.2, -0.15) is 0 Å². The fourth-order valence-electron chi connectivity index (χ4n) is 3.61. The first-order valence-corrected chi connectivity index (χ1v) is 9.61. The van der Waals surface area contributed by atoms with Crippen LogP contribution in [0.1, 0.15) is 35.4 Å². The molecule has 2 heterocycles. The highest BCUT2D eigenvalue weighted by Crippen LogP contribution is 2.46. The summed E-state index contributed by atoms with van der Waals surface area (Å²) in [6.07, 6.45) is -7.52. The molecular weight excluding hydrogens is 412 g/mol. The van der Waals surface area contributed by atoms with Crippen molar-refractivity contribution in [2.45, 2.75) is 50.2 Å². The Kier molecular flexibility index (Phi) is 5.40. The topological polar surface area (TPSA) is 166 Å². The van der Waals surface area contributed by atoms with Crippen molar-refractivity contribution in [2.24, 2.45) is 0 Å². The van der Waals surface area contributed by atoms with Gasteiger partial charge in [0.2, 0.25) is 12.0 Å². The summed E-state index contributed by atoms with van der Waals surface area (Å²) in [4.78, 5) is 12.6. The number of phenolic OH excluding ortho intramolecular Hbond substituents is 3. The van der Waals surface area contributed by atoms with E-state index in [1.165, 1.54) is 37.3 Å². The molecule has 0 saturated carbocycles. The quantitative estimate of drug-likeness (QED) is 0.379. The van der Waals surface area contributed by atoms with Gasteiger partial charge in [-0.25, -0.2) is 0 Å². The van der Waals surface area contributed by atoms with Crippen LogP contribution in [0, 0.1) is 0 Å². The van der Waals surface area contributed by atoms with E-state index in [2.05, 4.69) is 0 Å². The maximum absolute atomic E-state index is 12.6. The summed E-state index contributed by atoms with van der Waals surface area (Å²) in [5, 5.41) is 59.7. The molecule has 0 spiro atoms. The number of carbonyl (C=O) groups is 1. The highest BCUT2D eigenvalue weighted by Gasteiger charge is 2.43. The van der Waals surface area contributed by atoms with E-state index in [9.17, 15) is 35.4 Å². The van der Waals surface area contributed by atoms with E-state index in [1.54, 1.807) is 0 Å². The Balaban J connectivity index is 1.61. The molecule has 0 amide bonds. The molecule has 4 rings (SSSR count). The van der Waals surface area contributed by atoms with Gasteiger partial charge in [-0.15, -0.1) is 0 Å². The number of phenols is 3. The van der Waals surface area contributed by atoms with Gasteiger partial charge >= 0.3 is 0 Å². The van der Waals surface area contributed by atoms with Gasteiger partial charge in [0.1, 0.15) is 24.4 Å². The molecule has 10 nitrogen and oxygen atoms in total. The number of benzene rings is 2. The molecule has 10 heteroatoms. The summed E-state index contributed by atoms with van der Waals surface area (Å²) in [5.41, 5.74) is 0.537. The van der Waals surface area contributed by atoms with E-state index in [4.69, 9.17) is 14.2 Å². The van der Waals surface area contributed by atoms with Gasteiger partial charge in [0.05, 0.1) is 18.1 Å². The van der Waals surface area contributed by atoms with Crippen LogP contribution in [-0.4, -0.2) is 67.1 Å². The minimum absolute atomic E-state index is 0.0527. The minimum atomic E-state index is -1.59. The fraction of sp³-hybridized carbons (Fsp3) is 0.381. The SMILES string of the molecule is CC1O[C@@H](Oc2ccc3c(c2O)OC(c2ccc(O)c(O)c2)CC3=O)C(O)[C@@H](O)[C@H]1O. The van der Waals surface area contributed by atoms with E-state index in [0.717, 1.165) is 0 Å². The van der Waals surface area contributed by atoms with Gasteiger partial charge < -0.3 is 44.8 Å². The third-order valence-corrected chi connectivity index (χ3v) is 5.45. The lowest BCUT2D eigenvalue weighted by Crippen LogP contribution is -2.58. The molecule has 2 aliphatic rings. The Morgan fingerprint density at radius 2 is 1.71 bits per heavy atom. The second kappa shape index (κ2) is 7.89. The minimum Gasteiger partial charge on any atom is -0.504 e. The molecule has 0 aromatic heterocycles. The van der Waals surface area contributed by atoms with Crippen LogP contribution in [0.5, 0.6) is 28.7 Å². The molecule has 0 aliphatic carbocycles. The molecule has 0 bridgehead atoms. The lowest BCUT2D eigenvalue weighted by Gasteiger charge is -2.39. The second-order valence-corrected chi connectivity index (χ2v) is 7.57. The molecule has 1 fully saturated rings. The van der Waals surface area contributed by atoms with Gasteiger partial charge in [0.25, 0.3) is 0 Å². The average molecular weight is 434 g/mol. The van der Waals surface area contributed by atoms with E-state index in [1.807, 2.05) is 0 Å². The highest BCUT2D eigenvalue weighted by molar-refractivity contribution is 6.01. The summed E-state index contributed by atoms with van der Waals surface area (Å²) < 4.78 is 16.7. The van der Waals surface area contributed by atoms with Crippen LogP contribution >= 0.6 is 0 Å². The number of carbonyl (C=O) groups excluding carboxylic acids is 1. The number of fused-ring (bicyclic) bond motifs is 1. The summed E-state index contributed by atoms with van der Waals surface area (Å²) in [7, 11) is 0. The molecule has 6 atom stereocenters. The highest BCUT2D eigenvalue weighted by atomic mass is 16.7. The number of aromatic hydroxyl groups is 3. The smallest absolute Gasteiger partial charge is 0.229 e. The number of rotatable bonds is 3. The van der Waals surface area contributed by atoms with Crippen molar-refractivity contribution in [3.8, 4) is 28.7 Å². The molecule has 1 saturated heterocycles. The van der Waals surface area contributed by atoms with E-state index < -0.39 is 42.6 Å². The maximum atomic E-state index is 12.6. The van der Waals surface area contributed by atoms with Crippen LogP contribution in [0.2, 0.25) is 0 Å². The maximum Gasteiger partial charge on any atom is 0.229 e. The zero-order valence-electron chi connectivity index (χ0n) is 16.4. The fourth-order valence-corrected chi connectivity index (χ4v) is 3.61. The van der Waals surface area contributed by atoms with Crippen LogP contribution in [-0.2, 0) is 4.74 Å². The summed E-state index contributed by atoms with van der Waals surface area (Å²) in [6, 6.07) is 6.70. The number of aliphatic hydroxyl groups excluding tert-OH is 3. The Morgan fingerprint density at radius 3 is 2.42 bits per heavy atom. The van der Waals surface area contributed by atoms with Crippen LogP contribution in [0.3, 0.4) is 0 Å². The number of aliphatic hydroxyl groups is 3. The third kappa shape index (κ3) is 3.74. The van der Waals surface area contributed by atoms with Crippen molar-refractivity contribution in [1.29, 1.82) is 0 Å². The molecule has 2 aliphatic heterocycles. The van der Waals surface area contributed by atoms with Crippen LogP contribution in [0.25, 0.3) is 0 Å². The van der Waals surface area contributed by atoms with Crippen LogP contribution < -0.4 is 9.47 Å². The summed E-state index contributed by atoms with van der Waals surface area (Å²) in [5.74, 6) is -1.84. The van der Waals surface area contributed by atoms with Gasteiger partial charge in [0, 0.05) is 0 Å². The van der Waals surface area contributed by atoms with Gasteiger partial charge in [0.15, 0.2) is 28.8 Å². The van der Waals surface area contributed by atoms with Gasteiger partial charge in [-0.05, 0) is 36.8 Å². The van der Waals surface area contributed by atoms with Crippen molar-refractivity contribution in [1.82, 2.24) is 0 Å². The normalized spacial score (nSPS) is 30.4. The monoisotopic (exact) mass is 434 g/mol. The molecule has 6 N–H and O–H groups in total. The van der Waals surface area contributed by atoms with E-state index in [0.29, 0.717) is 5.56 Å². The molecule has 31 heavy (non-hydrogen) atoms. The lowest BCUT2D eigenvalue weighted by molar-refractivity contribution is -0.268. The third-order valence-electron chi connectivity index (χ3n) is 5.45. The number of hydrogen-bond acceptors (Lipinski definition) is 10. The lowest BCUT2D eigenvalue weighted by atomic mass is 9.95. The van der Waals surface area contributed by atoms with Crippen molar-refractivity contribution in [2.75, 3.05) is 0 Å². The first-order chi connectivity index (χ1) is 14.7. The number of Topliss-reactive ketones (excluding diaryl/α,β-unsaturated/α-hetero) is 1. The predicted molar refractivity (Wildman–Crippen MR) is 103 cm³/mol. The first-order valence-electron chi connectivity index (χ1n) is 9.61. The zero-order valence-corrected chi connectivity index (χ0v) is 16.4. The molecule has 166 valence electrons. The zero-order chi connectivity index (χ0) is 22.4. The van der Waals surface area contributed by atoms with Gasteiger partial charge in [-0.3, -0.25) is 4.79 Å². The van der Waals surface area contributed by atoms with E-state index in [-0.39, 0.29) is 40.8 Å². The van der Waals surface area contributed by atoms with Crippen molar-refractivity contribution < 1.29 is 49.6 Å². The summed E-state index contributed by atoms with van der Waals surface area (Å²) in [6.45, 7) is 1.49. The van der Waals surface area contributed by atoms with Crippen molar-refractivity contribution >= 4 is 5.78 Å². The largest absolute Gasteiger partial charge is 0.504 e. The Bertz CT molecular complexity index is 1010. The van der Waals surface area contributed by atoms with Gasteiger partial charge in [-0.1, -0.05) is 6.07 Å². The average Bonchev–Trinajstić information content (AvgIpc) is 2.74. The number of ether oxygens (including phenoxy) is 3. The summed E-state index contributed by atoms with van der Waals surface area (Å²) >= 11 is 0. The van der Waals surface area contributed by atoms with Crippen LogP contribution in [0.15, 0.2) is 30.3 Å². The van der Waals surface area contributed by atoms with E-state index >= 15 is 0 Å². The second-order valence-electron chi connectivity index (χ2n) is 7.57. The molecule has 2 aromatic carbocycles. The standard InChI is InChI=1S/C21H22O10/c1-8-16(25)18(27)19(28)21(29-8)31-14-5-3-10-12(23)7-15(30-20(10)17(14)26)9-2-4-11(22)13(24)6-9/h2-6,8,15-16,18-19,21-22,24-28H,7H2,1H3/t8?,15?,16-,18-,19?,21-/m0/s1. The predicted octanol–water partition coefficient (Wildman–Crippen LogP) is 0.716. The molecular formula is C21H22O10. The number of ketones is 1.